The lowest BCUT2D eigenvalue weighted by atomic mass is 10.00. The van der Waals surface area contributed by atoms with Crippen molar-refractivity contribution in [3.05, 3.63) is 18.2 Å². The van der Waals surface area contributed by atoms with E-state index in [-0.39, 0.29) is 0 Å². The Morgan fingerprint density at radius 1 is 1.56 bits per heavy atom. The van der Waals surface area contributed by atoms with Crippen LogP contribution in [0.4, 0.5) is 0 Å². The van der Waals surface area contributed by atoms with Crippen molar-refractivity contribution < 1.29 is 0 Å². The Bertz CT molecular complexity index is 363. The molecule has 0 aliphatic carbocycles. The van der Waals surface area contributed by atoms with Crippen molar-refractivity contribution in [2.24, 2.45) is 0 Å². The second-order valence-corrected chi connectivity index (χ2v) is 4.11. The summed E-state index contributed by atoms with van der Waals surface area (Å²) in [6, 6.07) is 2.33. The molecule has 1 heterocycles. The summed E-state index contributed by atoms with van der Waals surface area (Å²) >= 11 is 0. The van der Waals surface area contributed by atoms with E-state index in [1.54, 1.807) is 0 Å². The predicted octanol–water partition coefficient (Wildman–Crippen LogP) is 1.73. The molecule has 0 spiro atoms. The van der Waals surface area contributed by atoms with E-state index in [2.05, 4.69) is 27.9 Å². The number of hydrogen-bond acceptors (Lipinski definition) is 3. The number of nitrogens with zero attached hydrogens (tertiary/aromatic N) is 3. The quantitative estimate of drug-likeness (QED) is 0.794. The molecule has 0 saturated heterocycles. The fourth-order valence-corrected chi connectivity index (χ4v) is 1.78. The van der Waals surface area contributed by atoms with Crippen LogP contribution in [0.2, 0.25) is 0 Å². The lowest BCUT2D eigenvalue weighted by molar-refractivity contribution is 0.398. The van der Waals surface area contributed by atoms with Gasteiger partial charge in [-0.15, -0.1) is 0 Å². The Morgan fingerprint density at radius 2 is 2.31 bits per heavy atom. The first kappa shape index (κ1) is 12.7. The predicted molar refractivity (Wildman–Crippen MR) is 63.9 cm³/mol. The molecule has 0 amide bonds. The van der Waals surface area contributed by atoms with Crippen molar-refractivity contribution in [2.45, 2.75) is 45.7 Å². The summed E-state index contributed by atoms with van der Waals surface area (Å²) in [5.74, 6) is 1.08. The van der Waals surface area contributed by atoms with E-state index in [1.807, 2.05) is 26.2 Å². The highest BCUT2D eigenvalue weighted by Gasteiger charge is 2.22. The molecule has 0 fully saturated rings. The molecule has 0 aromatic carbocycles. The summed E-state index contributed by atoms with van der Waals surface area (Å²) in [5, 5.41) is 12.3. The zero-order chi connectivity index (χ0) is 12.0. The van der Waals surface area contributed by atoms with E-state index in [9.17, 15) is 0 Å². The Kier molecular flexibility index (Phi) is 4.51. The smallest absolute Gasteiger partial charge is 0.108 e. The zero-order valence-corrected chi connectivity index (χ0v) is 10.3. The van der Waals surface area contributed by atoms with E-state index in [0.29, 0.717) is 0 Å². The van der Waals surface area contributed by atoms with Gasteiger partial charge in [0.25, 0.3) is 0 Å². The number of nitriles is 1. The van der Waals surface area contributed by atoms with Gasteiger partial charge >= 0.3 is 0 Å². The van der Waals surface area contributed by atoms with Crippen molar-refractivity contribution in [1.82, 2.24) is 14.9 Å². The Hall–Kier alpha value is -1.34. The molecule has 1 atom stereocenters. The van der Waals surface area contributed by atoms with Crippen molar-refractivity contribution >= 4 is 0 Å². The molecular formula is C12H20N4. The molecule has 1 aromatic heterocycles. The number of aryl methyl sites for hydroxylation is 2. The third-order valence-corrected chi connectivity index (χ3v) is 2.78. The third kappa shape index (κ3) is 3.07. The molecule has 88 valence electrons. The van der Waals surface area contributed by atoms with Gasteiger partial charge in [0.1, 0.15) is 11.4 Å². The maximum atomic E-state index is 9.13. The van der Waals surface area contributed by atoms with E-state index >= 15 is 0 Å². The van der Waals surface area contributed by atoms with Crippen molar-refractivity contribution in [3.63, 3.8) is 0 Å². The van der Waals surface area contributed by atoms with Crippen LogP contribution in [0.25, 0.3) is 0 Å². The molecule has 1 N–H and O–H groups in total. The van der Waals surface area contributed by atoms with Crippen LogP contribution in [0.15, 0.2) is 12.4 Å². The molecule has 0 radical (unpaired) electrons. The minimum atomic E-state index is -0.440. The fraction of sp³-hybridized carbons (Fsp3) is 0.667. The Balaban J connectivity index is 2.60. The van der Waals surface area contributed by atoms with Crippen LogP contribution < -0.4 is 5.32 Å². The number of hydrogen-bond donors (Lipinski definition) is 1. The van der Waals surface area contributed by atoms with Crippen LogP contribution in [0.1, 0.15) is 33.0 Å². The van der Waals surface area contributed by atoms with Gasteiger partial charge in [-0.2, -0.15) is 5.26 Å². The highest BCUT2D eigenvalue weighted by atomic mass is 15.1. The molecule has 4 heteroatoms. The summed E-state index contributed by atoms with van der Waals surface area (Å²) in [5.41, 5.74) is -0.440. The first-order valence-corrected chi connectivity index (χ1v) is 5.81. The van der Waals surface area contributed by atoms with Crippen LogP contribution in [0.5, 0.6) is 0 Å². The van der Waals surface area contributed by atoms with Gasteiger partial charge in [-0.3, -0.25) is 5.32 Å². The zero-order valence-electron chi connectivity index (χ0n) is 10.3. The van der Waals surface area contributed by atoms with Crippen LogP contribution in [0, 0.1) is 11.3 Å². The first-order chi connectivity index (χ1) is 7.65. The first-order valence-electron chi connectivity index (χ1n) is 5.81. The largest absolute Gasteiger partial charge is 0.335 e. The number of nitrogens with one attached hydrogen (secondary N) is 1. The number of rotatable bonds is 6. The van der Waals surface area contributed by atoms with Gasteiger partial charge in [0, 0.05) is 25.4 Å². The second-order valence-electron chi connectivity index (χ2n) is 4.11. The van der Waals surface area contributed by atoms with Gasteiger partial charge in [-0.05, 0) is 19.9 Å². The van der Waals surface area contributed by atoms with Gasteiger partial charge in [0.2, 0.25) is 0 Å². The van der Waals surface area contributed by atoms with Gasteiger partial charge in [0.15, 0.2) is 0 Å². The van der Waals surface area contributed by atoms with E-state index in [0.717, 1.165) is 31.8 Å². The molecule has 1 unspecified atom stereocenters. The number of imidazole rings is 1. The molecule has 0 aliphatic rings. The second kappa shape index (κ2) is 5.66. The lowest BCUT2D eigenvalue weighted by Gasteiger charge is -2.22. The van der Waals surface area contributed by atoms with Crippen molar-refractivity contribution in [2.75, 3.05) is 6.54 Å². The molecule has 0 bridgehead atoms. The van der Waals surface area contributed by atoms with Crippen LogP contribution in [0.3, 0.4) is 0 Å². The van der Waals surface area contributed by atoms with Crippen molar-refractivity contribution in [3.8, 4) is 6.07 Å². The normalized spacial score (nSPS) is 14.4. The summed E-state index contributed by atoms with van der Waals surface area (Å²) < 4.78 is 2.12. The average Bonchev–Trinajstić information content (AvgIpc) is 2.74. The summed E-state index contributed by atoms with van der Waals surface area (Å²) in [6.45, 7) is 7.70. The topological polar surface area (TPSA) is 53.6 Å². The number of aromatic nitrogens is 2. The summed E-state index contributed by atoms with van der Waals surface area (Å²) in [7, 11) is 0. The van der Waals surface area contributed by atoms with E-state index in [1.165, 1.54) is 0 Å². The van der Waals surface area contributed by atoms with Crippen LogP contribution >= 0.6 is 0 Å². The standard InChI is InChI=1S/C12H20N4/c1-4-11-14-7-9-16(11)8-6-12(3,10-13)15-5-2/h7,9,15H,4-6,8H2,1-3H3. The fourth-order valence-electron chi connectivity index (χ4n) is 1.78. The van der Waals surface area contributed by atoms with Gasteiger partial charge in [0.05, 0.1) is 6.07 Å². The minimum absolute atomic E-state index is 0.440. The summed E-state index contributed by atoms with van der Waals surface area (Å²) in [4.78, 5) is 4.27. The molecule has 16 heavy (non-hydrogen) atoms. The van der Waals surface area contributed by atoms with Gasteiger partial charge in [-0.25, -0.2) is 4.98 Å². The van der Waals surface area contributed by atoms with Gasteiger partial charge in [-0.1, -0.05) is 13.8 Å². The molecular weight excluding hydrogens is 200 g/mol. The molecule has 1 rings (SSSR count). The highest BCUT2D eigenvalue weighted by molar-refractivity contribution is 5.04. The monoisotopic (exact) mass is 220 g/mol. The Labute approximate surface area is 97.3 Å². The molecule has 1 aromatic rings. The third-order valence-electron chi connectivity index (χ3n) is 2.78. The van der Waals surface area contributed by atoms with Crippen LogP contribution in [-0.2, 0) is 13.0 Å². The maximum Gasteiger partial charge on any atom is 0.108 e. The van der Waals surface area contributed by atoms with Crippen molar-refractivity contribution in [1.29, 1.82) is 5.26 Å². The van der Waals surface area contributed by atoms with Gasteiger partial charge < -0.3 is 4.57 Å². The Morgan fingerprint density at radius 3 is 2.88 bits per heavy atom. The minimum Gasteiger partial charge on any atom is -0.335 e. The lowest BCUT2D eigenvalue weighted by Crippen LogP contribution is -2.41. The summed E-state index contributed by atoms with van der Waals surface area (Å²) in [6.07, 6.45) is 5.51. The SMILES string of the molecule is CCNC(C)(C#N)CCn1ccnc1CC. The maximum absolute atomic E-state index is 9.13. The average molecular weight is 220 g/mol. The van der Waals surface area contributed by atoms with Crippen LogP contribution in [-0.4, -0.2) is 21.6 Å². The molecule has 0 saturated carbocycles. The highest BCUT2D eigenvalue weighted by Crippen LogP contribution is 2.11. The van der Waals surface area contributed by atoms with E-state index in [4.69, 9.17) is 5.26 Å². The molecule has 4 nitrogen and oxygen atoms in total. The molecule has 0 aliphatic heterocycles. The van der Waals surface area contributed by atoms with E-state index < -0.39 is 5.54 Å².